The molecule has 8 heteroatoms. The van der Waals surface area contributed by atoms with Crippen molar-refractivity contribution in [2.24, 2.45) is 0 Å². The second-order valence-electron chi connectivity index (χ2n) is 33.4. The molecule has 0 unspecified atom stereocenters. The minimum absolute atomic E-state index is 0.158. The Morgan fingerprint density at radius 1 is 0.302 bits per heavy atom. The van der Waals surface area contributed by atoms with Crippen LogP contribution in [0.4, 0.5) is 5.69 Å². The van der Waals surface area contributed by atoms with Crippen LogP contribution in [0.3, 0.4) is 0 Å². The van der Waals surface area contributed by atoms with Crippen LogP contribution in [0, 0.1) is 6.57 Å². The molecule has 18 aromatic rings. The molecule has 0 saturated carbocycles. The summed E-state index contributed by atoms with van der Waals surface area (Å²) >= 11 is 0. The molecule has 1 aliphatic carbocycles. The minimum Gasteiger partial charge on any atom is -0.308 e. The Labute approximate surface area is 618 Å². The first kappa shape index (κ1) is 64.5. The van der Waals surface area contributed by atoms with Gasteiger partial charge in [0.15, 0.2) is 0 Å². The normalized spacial score (nSPS) is 13.0. The van der Waals surface area contributed by atoms with E-state index in [-0.39, 0.29) is 21.7 Å². The van der Waals surface area contributed by atoms with Gasteiger partial charge < -0.3 is 4.57 Å². The second kappa shape index (κ2) is 23.3. The molecule has 0 aliphatic heterocycles. The summed E-state index contributed by atoms with van der Waals surface area (Å²) in [5.74, 6) is 0.972. The maximum Gasteiger partial charge on any atom is 0.220 e. The third-order valence-electron chi connectivity index (χ3n) is 22.6. The van der Waals surface area contributed by atoms with Crippen molar-refractivity contribution in [2.45, 2.75) is 111 Å². The molecule has 0 radical (unpaired) electrons. The van der Waals surface area contributed by atoms with Crippen molar-refractivity contribution in [3.63, 3.8) is 0 Å². The SMILES string of the molecule is [C-]#[N+]c1c(C2c3ccc(C(C)(C)C)cc3-c3cc(C(C)(C)C)ccc32)c(-n2c3ccc(-c4ccccc4)cc3n3c4cc(-c5ccccc5)ccc4nc23)cc(-n2c3ccc(C(C)(C)C)cc3c3cc(C(C)(C)C)ccc32)c1-n1c2ccc(-c3ccccc3)cc2n2c3cc(-c4ccccc4)ccc3nc12. The standard InChI is InChI=1S/C98H82N8/c1-95(2,3)67-38-42-71-73(54-67)74-55-68(96(4,5)6)39-43-72(74)89(71)90-87(103-81-46-36-65(61-30-22-16-23-31-61)52-85(81)104-83-50-63(59-26-18-14-19-27-59)34-44-77(83)100-93(103)104)58-88(102-79-48-40-69(97(7,8)9)56-75(79)76-57-70(98(10,11)12)41-49-80(76)102)92(91(90)99-13)106-82-47-37-66(62-32-24-17-25-33-62)53-86(82)105-84-51-64(60-28-20-15-21-29-60)35-45-78(84)101-94(105)106/h14-58,89H,1-12H3. The van der Waals surface area contributed by atoms with E-state index in [1.54, 1.807) is 0 Å². The third kappa shape index (κ3) is 10.1. The maximum absolute atomic E-state index is 10.6. The highest BCUT2D eigenvalue weighted by Crippen LogP contribution is 2.57. The van der Waals surface area contributed by atoms with E-state index in [9.17, 15) is 6.57 Å². The lowest BCUT2D eigenvalue weighted by Gasteiger charge is -2.27. The van der Waals surface area contributed by atoms with Crippen LogP contribution in [0.2, 0.25) is 0 Å². The van der Waals surface area contributed by atoms with Crippen LogP contribution >= 0.6 is 0 Å². The molecule has 5 aromatic heterocycles. The molecule has 0 N–H and O–H groups in total. The van der Waals surface area contributed by atoms with E-state index >= 15 is 0 Å². The molecule has 0 bridgehead atoms. The summed E-state index contributed by atoms with van der Waals surface area (Å²) in [6.45, 7) is 38.3. The van der Waals surface area contributed by atoms with Crippen LogP contribution in [0.1, 0.15) is 128 Å². The van der Waals surface area contributed by atoms with Gasteiger partial charge in [-0.1, -0.05) is 277 Å². The molecule has 1 aliphatic rings. The molecule has 106 heavy (non-hydrogen) atoms. The fourth-order valence-electron chi connectivity index (χ4n) is 16.9. The summed E-state index contributed by atoms with van der Waals surface area (Å²) in [7, 11) is 0. The van der Waals surface area contributed by atoms with E-state index in [0.717, 1.165) is 150 Å². The molecule has 8 nitrogen and oxygen atoms in total. The van der Waals surface area contributed by atoms with Gasteiger partial charge in [-0.25, -0.2) is 14.8 Å². The van der Waals surface area contributed by atoms with Gasteiger partial charge in [0.2, 0.25) is 17.2 Å². The van der Waals surface area contributed by atoms with Gasteiger partial charge in [0, 0.05) is 22.4 Å². The molecule has 0 amide bonds. The quantitative estimate of drug-likeness (QED) is 0.142. The summed E-state index contributed by atoms with van der Waals surface area (Å²) in [4.78, 5) is 17.0. The molecule has 0 atom stereocenters. The number of imidazole rings is 4. The smallest absolute Gasteiger partial charge is 0.220 e. The van der Waals surface area contributed by atoms with Crippen LogP contribution in [-0.2, 0) is 21.7 Å². The van der Waals surface area contributed by atoms with Gasteiger partial charge in [-0.05, 0) is 195 Å². The number of rotatable bonds is 8. The van der Waals surface area contributed by atoms with Gasteiger partial charge in [-0.2, -0.15) is 0 Å². The first-order chi connectivity index (χ1) is 51.0. The van der Waals surface area contributed by atoms with Crippen LogP contribution in [0.15, 0.2) is 273 Å². The summed E-state index contributed by atoms with van der Waals surface area (Å²) in [5.41, 5.74) is 31.2. The predicted molar refractivity (Wildman–Crippen MR) is 443 cm³/mol. The Hall–Kier alpha value is -12.3. The van der Waals surface area contributed by atoms with E-state index in [0.29, 0.717) is 11.5 Å². The van der Waals surface area contributed by atoms with Crippen LogP contribution in [0.5, 0.6) is 0 Å². The summed E-state index contributed by atoms with van der Waals surface area (Å²) in [5, 5.41) is 2.28. The van der Waals surface area contributed by atoms with Crippen molar-refractivity contribution < 1.29 is 0 Å². The Balaban J connectivity index is 1.05. The van der Waals surface area contributed by atoms with E-state index < -0.39 is 5.92 Å². The Bertz CT molecular complexity index is 6580. The second-order valence-corrected chi connectivity index (χ2v) is 33.4. The fraction of sp³-hybridized carbons (Fsp3) is 0.173. The number of aromatic nitrogens is 7. The Morgan fingerprint density at radius 2 is 0.651 bits per heavy atom. The molecule has 13 aromatic carbocycles. The summed E-state index contributed by atoms with van der Waals surface area (Å²) < 4.78 is 12.0. The molecule has 5 heterocycles. The first-order valence-electron chi connectivity index (χ1n) is 37.2. The van der Waals surface area contributed by atoms with Crippen molar-refractivity contribution >= 4 is 83.2 Å². The highest BCUT2D eigenvalue weighted by Gasteiger charge is 2.40. The summed E-state index contributed by atoms with van der Waals surface area (Å²) in [6.07, 6.45) is 0. The molecule has 0 fully saturated rings. The van der Waals surface area contributed by atoms with Gasteiger partial charge >= 0.3 is 0 Å². The number of nitrogens with zero attached hydrogens (tertiary/aromatic N) is 8. The molecular formula is C98H82N8. The monoisotopic (exact) mass is 1370 g/mol. The third-order valence-corrected chi connectivity index (χ3v) is 22.6. The predicted octanol–water partition coefficient (Wildman–Crippen LogP) is 25.8. The average molecular weight is 1370 g/mol. The summed E-state index contributed by atoms with van der Waals surface area (Å²) in [6, 6.07) is 101. The molecule has 0 saturated heterocycles. The molecule has 0 spiro atoms. The van der Waals surface area contributed by atoms with Crippen LogP contribution in [0.25, 0.3) is 155 Å². The lowest BCUT2D eigenvalue weighted by atomic mass is 9.82. The first-order valence-corrected chi connectivity index (χ1v) is 37.2. The lowest BCUT2D eigenvalue weighted by molar-refractivity contribution is 0.589. The minimum atomic E-state index is -0.466. The topological polar surface area (TPSA) is 53.8 Å². The van der Waals surface area contributed by atoms with Crippen LogP contribution in [-0.4, -0.2) is 32.5 Å². The van der Waals surface area contributed by atoms with E-state index in [1.807, 2.05) is 0 Å². The fourth-order valence-corrected chi connectivity index (χ4v) is 16.9. The van der Waals surface area contributed by atoms with E-state index in [2.05, 4.69) is 379 Å². The van der Waals surface area contributed by atoms with Crippen LogP contribution < -0.4 is 0 Å². The Morgan fingerprint density at radius 3 is 1.05 bits per heavy atom. The van der Waals surface area contributed by atoms with E-state index in [1.165, 1.54) is 33.4 Å². The van der Waals surface area contributed by atoms with Gasteiger partial charge in [0.25, 0.3) is 0 Å². The zero-order valence-electron chi connectivity index (χ0n) is 62.1. The molecule has 19 rings (SSSR count). The lowest BCUT2D eigenvalue weighted by Crippen LogP contribution is -2.14. The highest BCUT2D eigenvalue weighted by molar-refractivity contribution is 6.11. The number of hydrogen-bond acceptors (Lipinski definition) is 2. The number of benzene rings is 13. The highest BCUT2D eigenvalue weighted by atomic mass is 15.2. The molecular weight excluding hydrogens is 1290 g/mol. The van der Waals surface area contributed by atoms with Gasteiger partial charge in [-0.15, -0.1) is 0 Å². The van der Waals surface area contributed by atoms with Gasteiger partial charge in [-0.3, -0.25) is 17.9 Å². The average Bonchev–Trinajstić information content (AvgIpc) is 1.51. The van der Waals surface area contributed by atoms with E-state index in [4.69, 9.17) is 14.8 Å². The van der Waals surface area contributed by atoms with Crippen molar-refractivity contribution in [1.29, 1.82) is 0 Å². The number of hydrogen-bond donors (Lipinski definition) is 0. The Kier molecular flexibility index (Phi) is 14.2. The zero-order chi connectivity index (χ0) is 72.6. The van der Waals surface area contributed by atoms with Gasteiger partial charge in [0.1, 0.15) is 0 Å². The molecule has 514 valence electrons. The van der Waals surface area contributed by atoms with Crippen molar-refractivity contribution in [1.82, 2.24) is 32.5 Å². The maximum atomic E-state index is 10.6. The largest absolute Gasteiger partial charge is 0.308 e. The number of fused-ring (bicyclic) bond motifs is 16. The van der Waals surface area contributed by atoms with Gasteiger partial charge in [0.05, 0.1) is 73.1 Å². The van der Waals surface area contributed by atoms with Crippen molar-refractivity contribution in [3.8, 4) is 72.7 Å². The van der Waals surface area contributed by atoms with Crippen molar-refractivity contribution in [3.05, 3.63) is 323 Å². The zero-order valence-corrected chi connectivity index (χ0v) is 62.1. The van der Waals surface area contributed by atoms with Crippen molar-refractivity contribution in [2.75, 3.05) is 0 Å².